The van der Waals surface area contributed by atoms with E-state index in [2.05, 4.69) is 69.4 Å². The summed E-state index contributed by atoms with van der Waals surface area (Å²) in [6.45, 7) is 6.53. The van der Waals surface area contributed by atoms with Gasteiger partial charge in [0.25, 0.3) is 0 Å². The molecule has 0 heterocycles. The fourth-order valence-electron chi connectivity index (χ4n) is 8.50. The van der Waals surface area contributed by atoms with Crippen LogP contribution in [-0.4, -0.2) is 37.2 Å². The number of hydrogen-bond donors (Lipinski definition) is 0. The second kappa shape index (κ2) is 56.0. The molecule has 0 amide bonds. The summed E-state index contributed by atoms with van der Waals surface area (Å²) in [4.78, 5) is 38.1. The lowest BCUT2D eigenvalue weighted by Gasteiger charge is -2.18. The van der Waals surface area contributed by atoms with Gasteiger partial charge in [0.1, 0.15) is 13.2 Å². The summed E-state index contributed by atoms with van der Waals surface area (Å²) >= 11 is 0. The van der Waals surface area contributed by atoms with Gasteiger partial charge in [0.2, 0.25) is 0 Å². The summed E-state index contributed by atoms with van der Waals surface area (Å²) in [7, 11) is 0. The van der Waals surface area contributed by atoms with E-state index in [9.17, 15) is 14.4 Å². The summed E-state index contributed by atoms with van der Waals surface area (Å²) in [5.41, 5.74) is 0. The fraction of sp³-hybridized carbons (Fsp3) is 0.820. The highest BCUT2D eigenvalue weighted by Gasteiger charge is 2.19. The summed E-state index contributed by atoms with van der Waals surface area (Å²) < 4.78 is 16.9. The van der Waals surface area contributed by atoms with E-state index in [1.165, 1.54) is 180 Å². The highest BCUT2D eigenvalue weighted by Crippen LogP contribution is 2.17. The molecule has 0 bridgehead atoms. The summed E-state index contributed by atoms with van der Waals surface area (Å²) in [5, 5.41) is 0. The molecule has 0 spiro atoms. The molecule has 6 nitrogen and oxygen atoms in total. The number of carbonyl (C=O) groups is 3. The van der Waals surface area contributed by atoms with Crippen LogP contribution in [0.2, 0.25) is 0 Å². The SMILES string of the molecule is CC/C=C/C=C/C=C/CCCCCCCC(=O)OCC(COC(=O)CCCCCCCCC/C=C/CCCCCCCCCC)OC(=O)CCCCCCCCCCCCCCCCCCC. The molecule has 1 unspecified atom stereocenters. The van der Waals surface area contributed by atoms with Crippen molar-refractivity contribution in [2.45, 2.75) is 309 Å². The zero-order chi connectivity index (χ0) is 48.6. The number of unbranched alkanes of at least 4 members (excludes halogenated alkanes) is 36. The molecule has 67 heavy (non-hydrogen) atoms. The van der Waals surface area contributed by atoms with Crippen molar-refractivity contribution in [3.05, 3.63) is 48.6 Å². The van der Waals surface area contributed by atoms with Crippen molar-refractivity contribution in [3.63, 3.8) is 0 Å². The van der Waals surface area contributed by atoms with Crippen LogP contribution >= 0.6 is 0 Å². The number of rotatable bonds is 53. The molecule has 0 aliphatic heterocycles. The van der Waals surface area contributed by atoms with Crippen LogP contribution < -0.4 is 0 Å². The second-order valence-electron chi connectivity index (χ2n) is 19.6. The maximum absolute atomic E-state index is 12.9. The minimum atomic E-state index is -0.781. The molecule has 0 radical (unpaired) electrons. The zero-order valence-corrected chi connectivity index (χ0v) is 44.7. The Labute approximate surface area is 416 Å². The van der Waals surface area contributed by atoms with Crippen LogP contribution in [0, 0.1) is 0 Å². The lowest BCUT2D eigenvalue weighted by atomic mass is 10.0. The summed E-state index contributed by atoms with van der Waals surface area (Å²) in [5.74, 6) is -0.889. The van der Waals surface area contributed by atoms with Gasteiger partial charge in [-0.05, 0) is 64.2 Å². The van der Waals surface area contributed by atoms with Crippen molar-refractivity contribution < 1.29 is 28.6 Å². The lowest BCUT2D eigenvalue weighted by Crippen LogP contribution is -2.30. The fourth-order valence-corrected chi connectivity index (χ4v) is 8.50. The van der Waals surface area contributed by atoms with E-state index in [0.29, 0.717) is 19.3 Å². The first-order valence-corrected chi connectivity index (χ1v) is 29.2. The summed E-state index contributed by atoms with van der Waals surface area (Å²) in [6, 6.07) is 0. The number of ether oxygens (including phenoxy) is 3. The van der Waals surface area contributed by atoms with E-state index in [0.717, 1.165) is 83.5 Å². The molecule has 6 heteroatoms. The Bertz CT molecular complexity index is 1170. The van der Waals surface area contributed by atoms with Crippen molar-refractivity contribution in [1.82, 2.24) is 0 Å². The van der Waals surface area contributed by atoms with Crippen molar-refractivity contribution in [3.8, 4) is 0 Å². The topological polar surface area (TPSA) is 78.9 Å². The summed E-state index contributed by atoms with van der Waals surface area (Å²) in [6.07, 6.45) is 68.2. The highest BCUT2D eigenvalue weighted by atomic mass is 16.6. The molecular formula is C61H110O6. The Hall–Kier alpha value is -2.63. The molecule has 0 aromatic rings. The Morgan fingerprint density at radius 1 is 0.313 bits per heavy atom. The van der Waals surface area contributed by atoms with Gasteiger partial charge < -0.3 is 14.2 Å². The predicted octanol–water partition coefficient (Wildman–Crippen LogP) is 19.4. The van der Waals surface area contributed by atoms with E-state index in [4.69, 9.17) is 14.2 Å². The third kappa shape index (κ3) is 54.2. The van der Waals surface area contributed by atoms with Gasteiger partial charge in [-0.25, -0.2) is 0 Å². The van der Waals surface area contributed by atoms with Gasteiger partial charge in [0, 0.05) is 19.3 Å². The van der Waals surface area contributed by atoms with Crippen molar-refractivity contribution >= 4 is 17.9 Å². The second-order valence-corrected chi connectivity index (χ2v) is 19.6. The molecule has 0 saturated heterocycles. The molecule has 1 atom stereocenters. The first kappa shape index (κ1) is 64.4. The van der Waals surface area contributed by atoms with Crippen molar-refractivity contribution in [2.75, 3.05) is 13.2 Å². The minimum absolute atomic E-state index is 0.0792. The van der Waals surface area contributed by atoms with Gasteiger partial charge in [0.15, 0.2) is 6.10 Å². The van der Waals surface area contributed by atoms with Crippen LogP contribution in [0.25, 0.3) is 0 Å². The zero-order valence-electron chi connectivity index (χ0n) is 44.7. The highest BCUT2D eigenvalue weighted by molar-refractivity contribution is 5.71. The van der Waals surface area contributed by atoms with E-state index in [1.54, 1.807) is 0 Å². The first-order chi connectivity index (χ1) is 33.0. The molecule has 0 aliphatic carbocycles. The maximum atomic E-state index is 12.9. The van der Waals surface area contributed by atoms with Crippen LogP contribution in [0.3, 0.4) is 0 Å². The van der Waals surface area contributed by atoms with Gasteiger partial charge in [-0.1, -0.05) is 268 Å². The van der Waals surface area contributed by atoms with Crippen LogP contribution in [0.5, 0.6) is 0 Å². The number of carbonyl (C=O) groups excluding carboxylic acids is 3. The Kier molecular flexibility index (Phi) is 53.8. The van der Waals surface area contributed by atoms with Gasteiger partial charge in [-0.2, -0.15) is 0 Å². The number of esters is 3. The first-order valence-electron chi connectivity index (χ1n) is 29.2. The van der Waals surface area contributed by atoms with E-state index < -0.39 is 6.10 Å². The predicted molar refractivity (Wildman–Crippen MR) is 289 cm³/mol. The van der Waals surface area contributed by atoms with Crippen LogP contribution in [-0.2, 0) is 28.6 Å². The maximum Gasteiger partial charge on any atom is 0.306 e. The third-order valence-electron chi connectivity index (χ3n) is 12.9. The number of hydrogen-bond acceptors (Lipinski definition) is 6. The standard InChI is InChI=1S/C61H110O6/c1-4-7-10-13-16-19-22-25-27-29-30-32-33-36-39-42-45-48-51-54-60(63)66-57-58(56-65-59(62)53-50-47-44-41-38-35-24-21-18-15-12-9-6-3)67-61(64)55-52-49-46-43-40-37-34-31-28-26-23-20-17-14-11-8-5-2/h9,12,15,18,21,24,29-30,58H,4-8,10-11,13-14,16-17,19-20,22-23,25-28,31-57H2,1-3H3/b12-9+,18-15+,24-21+,30-29+. The molecule has 0 N–H and O–H groups in total. The molecule has 0 saturated carbocycles. The van der Waals surface area contributed by atoms with Crippen molar-refractivity contribution in [1.29, 1.82) is 0 Å². The minimum Gasteiger partial charge on any atom is -0.462 e. The average molecular weight is 940 g/mol. The van der Waals surface area contributed by atoms with E-state index in [1.807, 2.05) is 0 Å². The monoisotopic (exact) mass is 939 g/mol. The van der Waals surface area contributed by atoms with Crippen LogP contribution in [0.1, 0.15) is 303 Å². The smallest absolute Gasteiger partial charge is 0.306 e. The van der Waals surface area contributed by atoms with Gasteiger partial charge in [-0.3, -0.25) is 14.4 Å². The number of allylic oxidation sites excluding steroid dienone is 8. The van der Waals surface area contributed by atoms with Gasteiger partial charge in [-0.15, -0.1) is 0 Å². The molecule has 0 rings (SSSR count). The van der Waals surface area contributed by atoms with Gasteiger partial charge in [0.05, 0.1) is 0 Å². The Balaban J connectivity index is 4.34. The van der Waals surface area contributed by atoms with Crippen LogP contribution in [0.4, 0.5) is 0 Å². The lowest BCUT2D eigenvalue weighted by molar-refractivity contribution is -0.167. The van der Waals surface area contributed by atoms with Gasteiger partial charge >= 0.3 is 17.9 Å². The van der Waals surface area contributed by atoms with Crippen molar-refractivity contribution in [2.24, 2.45) is 0 Å². The normalized spacial score (nSPS) is 12.3. The van der Waals surface area contributed by atoms with E-state index >= 15 is 0 Å². The molecule has 0 aromatic carbocycles. The molecule has 0 aliphatic rings. The Morgan fingerprint density at radius 2 is 0.597 bits per heavy atom. The third-order valence-corrected chi connectivity index (χ3v) is 12.9. The van der Waals surface area contributed by atoms with Crippen LogP contribution in [0.15, 0.2) is 48.6 Å². The Morgan fingerprint density at radius 3 is 0.940 bits per heavy atom. The molecule has 390 valence electrons. The average Bonchev–Trinajstić information content (AvgIpc) is 3.33. The quantitative estimate of drug-likeness (QED) is 0.0199. The van der Waals surface area contributed by atoms with E-state index in [-0.39, 0.29) is 31.1 Å². The molecular weight excluding hydrogens is 829 g/mol. The largest absolute Gasteiger partial charge is 0.462 e. The molecule has 0 aromatic heterocycles. The molecule has 0 fully saturated rings.